The maximum atomic E-state index is 8.33. The Kier molecular flexibility index (Phi) is 1.21. The zero-order valence-corrected chi connectivity index (χ0v) is 4.65. The van der Waals surface area contributed by atoms with Gasteiger partial charge in [-0.25, -0.2) is 0 Å². The summed E-state index contributed by atoms with van der Waals surface area (Å²) in [6, 6.07) is 2.15. The van der Waals surface area contributed by atoms with Gasteiger partial charge in [0.15, 0.2) is 0 Å². The first kappa shape index (κ1) is 5.17. The summed E-state index contributed by atoms with van der Waals surface area (Å²) < 4.78 is 0. The van der Waals surface area contributed by atoms with E-state index in [1.54, 1.807) is 0 Å². The van der Waals surface area contributed by atoms with Crippen LogP contribution in [-0.2, 0) is 0 Å². The monoisotopic (exact) mass is 108 g/mol. The summed E-state index contributed by atoms with van der Waals surface area (Å²) in [5, 5.41) is 11.3. The van der Waals surface area contributed by atoms with Crippen LogP contribution in [0.3, 0.4) is 0 Å². The van der Waals surface area contributed by atoms with E-state index in [4.69, 9.17) is 5.26 Å². The van der Waals surface area contributed by atoms with E-state index in [0.29, 0.717) is 0 Å². The third kappa shape index (κ3) is 0.812. The number of hydrogen-bond donors (Lipinski definition) is 1. The average molecular weight is 108 g/mol. The molecule has 0 aliphatic carbocycles. The van der Waals surface area contributed by atoms with Gasteiger partial charge in [-0.1, -0.05) is 6.58 Å². The van der Waals surface area contributed by atoms with Gasteiger partial charge in [0.05, 0.1) is 6.07 Å². The number of hydrogen-bond acceptors (Lipinski definition) is 2. The van der Waals surface area contributed by atoms with Crippen LogP contribution in [0.5, 0.6) is 0 Å². The lowest BCUT2D eigenvalue weighted by Gasteiger charge is -1.96. The third-order valence-corrected chi connectivity index (χ3v) is 1.27. The van der Waals surface area contributed by atoms with Crippen LogP contribution in [0.15, 0.2) is 12.3 Å². The Balaban J connectivity index is 2.47. The SMILES string of the molecule is C=C1CCC(C#N)N1. The fourth-order valence-corrected chi connectivity index (χ4v) is 0.806. The molecule has 1 unspecified atom stereocenters. The van der Waals surface area contributed by atoms with Gasteiger partial charge in [-0.15, -0.1) is 0 Å². The number of rotatable bonds is 0. The van der Waals surface area contributed by atoms with Crippen molar-refractivity contribution in [2.45, 2.75) is 18.9 Å². The van der Waals surface area contributed by atoms with Crippen molar-refractivity contribution in [3.8, 4) is 6.07 Å². The zero-order chi connectivity index (χ0) is 5.98. The van der Waals surface area contributed by atoms with Crippen molar-refractivity contribution in [3.05, 3.63) is 12.3 Å². The Morgan fingerprint density at radius 3 is 2.88 bits per heavy atom. The first-order valence-corrected chi connectivity index (χ1v) is 2.67. The Bertz CT molecular complexity index is 143. The molecule has 42 valence electrons. The summed E-state index contributed by atoms with van der Waals surface area (Å²) in [5.41, 5.74) is 0.997. The van der Waals surface area contributed by atoms with Gasteiger partial charge in [0.2, 0.25) is 0 Å². The van der Waals surface area contributed by atoms with Crippen LogP contribution in [0.4, 0.5) is 0 Å². The van der Waals surface area contributed by atoms with E-state index in [1.807, 2.05) is 0 Å². The first-order valence-electron chi connectivity index (χ1n) is 2.67. The molecule has 0 amide bonds. The van der Waals surface area contributed by atoms with Gasteiger partial charge in [0.25, 0.3) is 0 Å². The molecular formula is C6H8N2. The van der Waals surface area contributed by atoms with E-state index in [0.717, 1.165) is 18.5 Å². The van der Waals surface area contributed by atoms with Crippen LogP contribution in [0, 0.1) is 11.3 Å². The molecule has 0 aromatic rings. The van der Waals surface area contributed by atoms with Crippen molar-refractivity contribution < 1.29 is 0 Å². The summed E-state index contributed by atoms with van der Waals surface area (Å²) in [6.07, 6.45) is 1.88. The van der Waals surface area contributed by atoms with Gasteiger partial charge < -0.3 is 5.32 Å². The number of nitrogens with one attached hydrogen (secondary N) is 1. The molecule has 1 atom stereocenters. The van der Waals surface area contributed by atoms with Crippen LogP contribution in [-0.4, -0.2) is 6.04 Å². The smallest absolute Gasteiger partial charge is 0.114 e. The summed E-state index contributed by atoms with van der Waals surface area (Å²) in [4.78, 5) is 0. The number of nitrogens with zero attached hydrogens (tertiary/aromatic N) is 1. The summed E-state index contributed by atoms with van der Waals surface area (Å²) in [6.45, 7) is 3.69. The van der Waals surface area contributed by atoms with Gasteiger partial charge in [-0.2, -0.15) is 5.26 Å². The zero-order valence-electron chi connectivity index (χ0n) is 4.65. The molecule has 0 saturated carbocycles. The molecule has 1 saturated heterocycles. The second-order valence-electron chi connectivity index (χ2n) is 1.97. The molecule has 1 aliphatic heterocycles. The first-order chi connectivity index (χ1) is 3.83. The normalized spacial score (nSPS) is 26.9. The predicted octanol–water partition coefficient (Wildman–Crippen LogP) is 0.776. The Hall–Kier alpha value is -0.970. The Morgan fingerprint density at radius 1 is 1.88 bits per heavy atom. The van der Waals surface area contributed by atoms with Crippen molar-refractivity contribution in [3.63, 3.8) is 0 Å². The van der Waals surface area contributed by atoms with E-state index >= 15 is 0 Å². The topological polar surface area (TPSA) is 35.8 Å². The molecule has 1 heterocycles. The quantitative estimate of drug-likeness (QED) is 0.497. The summed E-state index contributed by atoms with van der Waals surface area (Å²) in [5.74, 6) is 0. The Morgan fingerprint density at radius 2 is 2.62 bits per heavy atom. The molecule has 8 heavy (non-hydrogen) atoms. The lowest BCUT2D eigenvalue weighted by molar-refractivity contribution is 0.762. The minimum Gasteiger partial charge on any atom is -0.374 e. The molecule has 0 bridgehead atoms. The fourth-order valence-electron chi connectivity index (χ4n) is 0.806. The molecule has 1 rings (SSSR count). The van der Waals surface area contributed by atoms with Gasteiger partial charge in [-0.05, 0) is 12.8 Å². The van der Waals surface area contributed by atoms with Crippen molar-refractivity contribution in [2.75, 3.05) is 0 Å². The van der Waals surface area contributed by atoms with Crippen LogP contribution in [0.25, 0.3) is 0 Å². The Labute approximate surface area is 48.8 Å². The van der Waals surface area contributed by atoms with Crippen LogP contribution in [0.1, 0.15) is 12.8 Å². The molecular weight excluding hydrogens is 100 g/mol. The largest absolute Gasteiger partial charge is 0.374 e. The molecule has 2 nitrogen and oxygen atoms in total. The molecule has 1 aliphatic rings. The van der Waals surface area contributed by atoms with E-state index in [9.17, 15) is 0 Å². The second kappa shape index (κ2) is 1.87. The van der Waals surface area contributed by atoms with E-state index in [1.165, 1.54) is 0 Å². The molecule has 0 aromatic carbocycles. The van der Waals surface area contributed by atoms with E-state index in [-0.39, 0.29) is 6.04 Å². The van der Waals surface area contributed by atoms with E-state index in [2.05, 4.69) is 18.0 Å². The van der Waals surface area contributed by atoms with Gasteiger partial charge in [0.1, 0.15) is 6.04 Å². The van der Waals surface area contributed by atoms with Crippen molar-refractivity contribution >= 4 is 0 Å². The lowest BCUT2D eigenvalue weighted by atomic mass is 10.2. The highest BCUT2D eigenvalue weighted by Gasteiger charge is 2.14. The molecule has 1 fully saturated rings. The second-order valence-corrected chi connectivity index (χ2v) is 1.97. The highest BCUT2D eigenvalue weighted by molar-refractivity contribution is 5.08. The van der Waals surface area contributed by atoms with Crippen LogP contribution in [0.2, 0.25) is 0 Å². The highest BCUT2D eigenvalue weighted by atomic mass is 14.9. The van der Waals surface area contributed by atoms with Gasteiger partial charge in [-0.3, -0.25) is 0 Å². The number of nitriles is 1. The number of allylic oxidation sites excluding steroid dienone is 1. The summed E-state index contributed by atoms with van der Waals surface area (Å²) in [7, 11) is 0. The van der Waals surface area contributed by atoms with Crippen molar-refractivity contribution in [1.29, 1.82) is 5.26 Å². The highest BCUT2D eigenvalue weighted by Crippen LogP contribution is 2.11. The van der Waals surface area contributed by atoms with Gasteiger partial charge in [0, 0.05) is 5.70 Å². The minimum absolute atomic E-state index is 0.0301. The molecule has 2 heteroatoms. The average Bonchev–Trinajstić information content (AvgIpc) is 2.14. The van der Waals surface area contributed by atoms with Crippen molar-refractivity contribution in [2.24, 2.45) is 0 Å². The van der Waals surface area contributed by atoms with Crippen LogP contribution >= 0.6 is 0 Å². The lowest BCUT2D eigenvalue weighted by Crippen LogP contribution is -2.16. The molecule has 0 radical (unpaired) electrons. The van der Waals surface area contributed by atoms with Crippen molar-refractivity contribution in [1.82, 2.24) is 5.32 Å². The standard InChI is InChI=1S/C6H8N2/c1-5-2-3-6(4-7)8-5/h6,8H,1-3H2. The molecule has 1 N–H and O–H groups in total. The van der Waals surface area contributed by atoms with E-state index < -0.39 is 0 Å². The fraction of sp³-hybridized carbons (Fsp3) is 0.500. The van der Waals surface area contributed by atoms with Crippen LogP contribution < -0.4 is 5.32 Å². The third-order valence-electron chi connectivity index (χ3n) is 1.27. The maximum Gasteiger partial charge on any atom is 0.114 e. The molecule has 0 aromatic heterocycles. The maximum absolute atomic E-state index is 8.33. The molecule has 0 spiro atoms. The summed E-state index contributed by atoms with van der Waals surface area (Å²) >= 11 is 0. The predicted molar refractivity (Wildman–Crippen MR) is 30.9 cm³/mol. The van der Waals surface area contributed by atoms with Gasteiger partial charge >= 0.3 is 0 Å². The minimum atomic E-state index is 0.0301.